The number of ether oxygens (including phenoxy) is 1. The number of aromatic nitrogens is 4. The standard InChI is InChI=1S/C24H20Cl2N6O3/c1-3-32-23(33)20(29-24(34)30-22-17(25)12-28-13-18(22)26)10-19(31-32)15-6-4-5-14(9-15)16-11-27-8-7-21(16)35-2/h4-13H,3H2,1-2H3,(H2,28,29,30,34). The second-order valence-electron chi connectivity index (χ2n) is 7.28. The first kappa shape index (κ1) is 24.2. The van der Waals surface area contributed by atoms with Gasteiger partial charge in [0.15, 0.2) is 0 Å². The summed E-state index contributed by atoms with van der Waals surface area (Å²) in [5.74, 6) is 0.677. The van der Waals surface area contributed by atoms with Crippen molar-refractivity contribution >= 4 is 40.6 Å². The molecule has 178 valence electrons. The van der Waals surface area contributed by atoms with Crippen LogP contribution in [0.25, 0.3) is 22.4 Å². The number of nitrogens with zero attached hydrogens (tertiary/aromatic N) is 4. The Morgan fingerprint density at radius 3 is 2.49 bits per heavy atom. The number of hydrogen-bond acceptors (Lipinski definition) is 6. The van der Waals surface area contributed by atoms with Gasteiger partial charge in [0.25, 0.3) is 5.56 Å². The Morgan fingerprint density at radius 2 is 1.77 bits per heavy atom. The van der Waals surface area contributed by atoms with E-state index in [2.05, 4.69) is 25.7 Å². The van der Waals surface area contributed by atoms with E-state index in [1.54, 1.807) is 32.5 Å². The molecule has 3 heterocycles. The fourth-order valence-corrected chi connectivity index (χ4v) is 3.87. The number of pyridine rings is 2. The number of benzene rings is 1. The molecule has 3 aromatic heterocycles. The van der Waals surface area contributed by atoms with E-state index in [1.165, 1.54) is 23.1 Å². The molecule has 0 aliphatic carbocycles. The molecule has 0 spiro atoms. The molecule has 0 fully saturated rings. The van der Waals surface area contributed by atoms with Crippen molar-refractivity contribution in [1.29, 1.82) is 0 Å². The van der Waals surface area contributed by atoms with Gasteiger partial charge in [0.1, 0.15) is 11.4 Å². The van der Waals surface area contributed by atoms with E-state index in [4.69, 9.17) is 27.9 Å². The summed E-state index contributed by atoms with van der Waals surface area (Å²) >= 11 is 12.1. The molecule has 0 atom stereocenters. The van der Waals surface area contributed by atoms with Gasteiger partial charge in [-0.2, -0.15) is 5.10 Å². The summed E-state index contributed by atoms with van der Waals surface area (Å²) in [7, 11) is 1.59. The number of methoxy groups -OCH3 is 1. The average Bonchev–Trinajstić information content (AvgIpc) is 2.87. The van der Waals surface area contributed by atoms with E-state index < -0.39 is 11.6 Å². The molecular formula is C24H20Cl2N6O3. The van der Waals surface area contributed by atoms with Gasteiger partial charge in [0, 0.05) is 42.5 Å². The average molecular weight is 511 g/mol. The van der Waals surface area contributed by atoms with E-state index in [0.717, 1.165) is 16.7 Å². The SMILES string of the molecule is CCn1nc(-c2cccc(-c3cnccc3OC)c2)cc(NC(=O)Nc2c(Cl)cncc2Cl)c1=O. The zero-order valence-electron chi connectivity index (χ0n) is 18.8. The number of aryl methyl sites for hydroxylation is 1. The summed E-state index contributed by atoms with van der Waals surface area (Å²) in [6.45, 7) is 2.09. The highest BCUT2D eigenvalue weighted by molar-refractivity contribution is 6.39. The van der Waals surface area contributed by atoms with Crippen LogP contribution >= 0.6 is 23.2 Å². The largest absolute Gasteiger partial charge is 0.496 e. The third kappa shape index (κ3) is 5.26. The minimum atomic E-state index is -0.689. The number of rotatable bonds is 6. The van der Waals surface area contributed by atoms with Crippen molar-refractivity contribution in [3.8, 4) is 28.1 Å². The van der Waals surface area contributed by atoms with Crippen LogP contribution in [-0.2, 0) is 6.54 Å². The van der Waals surface area contributed by atoms with Crippen molar-refractivity contribution in [3.63, 3.8) is 0 Å². The van der Waals surface area contributed by atoms with Gasteiger partial charge >= 0.3 is 6.03 Å². The van der Waals surface area contributed by atoms with Crippen LogP contribution in [0.15, 0.2) is 66.0 Å². The Morgan fingerprint density at radius 1 is 1.03 bits per heavy atom. The van der Waals surface area contributed by atoms with E-state index >= 15 is 0 Å². The van der Waals surface area contributed by atoms with Gasteiger partial charge in [0.2, 0.25) is 0 Å². The summed E-state index contributed by atoms with van der Waals surface area (Å²) < 4.78 is 6.72. The van der Waals surface area contributed by atoms with Crippen LogP contribution < -0.4 is 20.9 Å². The lowest BCUT2D eigenvalue weighted by atomic mass is 10.0. The van der Waals surface area contributed by atoms with Gasteiger partial charge < -0.3 is 15.4 Å². The highest BCUT2D eigenvalue weighted by Crippen LogP contribution is 2.32. The van der Waals surface area contributed by atoms with Crippen molar-refractivity contribution in [3.05, 3.63) is 81.6 Å². The third-order valence-corrected chi connectivity index (χ3v) is 5.66. The minimum absolute atomic E-state index is 0.0417. The quantitative estimate of drug-likeness (QED) is 0.361. The Labute approximate surface area is 210 Å². The molecule has 9 nitrogen and oxygen atoms in total. The van der Waals surface area contributed by atoms with Gasteiger partial charge in [-0.25, -0.2) is 9.48 Å². The number of nitrogens with one attached hydrogen (secondary N) is 2. The first-order valence-corrected chi connectivity index (χ1v) is 11.2. The maximum Gasteiger partial charge on any atom is 0.323 e. The highest BCUT2D eigenvalue weighted by Gasteiger charge is 2.15. The molecule has 0 radical (unpaired) electrons. The van der Waals surface area contributed by atoms with Crippen LogP contribution in [0, 0.1) is 0 Å². The predicted molar refractivity (Wildman–Crippen MR) is 136 cm³/mol. The molecule has 4 rings (SSSR count). The zero-order chi connectivity index (χ0) is 24.9. The monoisotopic (exact) mass is 510 g/mol. The molecule has 2 N–H and O–H groups in total. The van der Waals surface area contributed by atoms with Crippen LogP contribution in [0.1, 0.15) is 6.92 Å². The lowest BCUT2D eigenvalue weighted by molar-refractivity contribution is 0.262. The summed E-state index contributed by atoms with van der Waals surface area (Å²) in [5, 5.41) is 9.90. The molecule has 0 aliphatic rings. The number of amides is 2. The third-order valence-electron chi connectivity index (χ3n) is 5.08. The topological polar surface area (TPSA) is 111 Å². The maximum atomic E-state index is 12.8. The first-order valence-electron chi connectivity index (χ1n) is 10.5. The van der Waals surface area contributed by atoms with Crippen LogP contribution in [-0.4, -0.2) is 32.9 Å². The normalized spacial score (nSPS) is 10.6. The molecule has 4 aromatic rings. The zero-order valence-corrected chi connectivity index (χ0v) is 20.3. The second kappa shape index (κ2) is 10.5. The molecule has 0 saturated carbocycles. The van der Waals surface area contributed by atoms with Crippen molar-refractivity contribution in [2.45, 2.75) is 13.5 Å². The first-order chi connectivity index (χ1) is 16.9. The van der Waals surface area contributed by atoms with Crippen molar-refractivity contribution in [2.75, 3.05) is 17.7 Å². The fraction of sp³-hybridized carbons (Fsp3) is 0.125. The Balaban J connectivity index is 1.69. The predicted octanol–water partition coefficient (Wildman–Crippen LogP) is 5.35. The van der Waals surface area contributed by atoms with Gasteiger partial charge in [0.05, 0.1) is 28.5 Å². The maximum absolute atomic E-state index is 12.8. The van der Waals surface area contributed by atoms with Crippen molar-refractivity contribution in [2.24, 2.45) is 0 Å². The van der Waals surface area contributed by atoms with Crippen molar-refractivity contribution < 1.29 is 9.53 Å². The van der Waals surface area contributed by atoms with Gasteiger partial charge in [-0.3, -0.25) is 14.8 Å². The summed E-state index contributed by atoms with van der Waals surface area (Å²) in [5.41, 5.74) is 2.67. The van der Waals surface area contributed by atoms with Crippen LogP contribution in [0.3, 0.4) is 0 Å². The summed E-state index contributed by atoms with van der Waals surface area (Å²) in [6.07, 6.45) is 6.06. The van der Waals surface area contributed by atoms with Crippen molar-refractivity contribution in [1.82, 2.24) is 19.7 Å². The molecule has 2 amide bonds. The lowest BCUT2D eigenvalue weighted by Gasteiger charge is -2.13. The van der Waals surface area contributed by atoms with Gasteiger partial charge in [-0.15, -0.1) is 0 Å². The molecule has 0 unspecified atom stereocenters. The lowest BCUT2D eigenvalue weighted by Crippen LogP contribution is -2.29. The van der Waals surface area contributed by atoms with Gasteiger partial charge in [-0.05, 0) is 30.7 Å². The molecule has 1 aromatic carbocycles. The number of carbonyl (C=O) groups excluding carboxylic acids is 1. The number of hydrogen-bond donors (Lipinski definition) is 2. The summed E-state index contributed by atoms with van der Waals surface area (Å²) in [6, 6.07) is 10.2. The minimum Gasteiger partial charge on any atom is -0.496 e. The highest BCUT2D eigenvalue weighted by atomic mass is 35.5. The molecular weight excluding hydrogens is 491 g/mol. The molecule has 35 heavy (non-hydrogen) atoms. The van der Waals surface area contributed by atoms with Crippen LogP contribution in [0.4, 0.5) is 16.2 Å². The fourth-order valence-electron chi connectivity index (χ4n) is 3.41. The Kier molecular flexibility index (Phi) is 7.28. The van der Waals surface area contributed by atoms with Crippen LogP contribution in [0.5, 0.6) is 5.75 Å². The smallest absolute Gasteiger partial charge is 0.323 e. The van der Waals surface area contributed by atoms with Crippen LogP contribution in [0.2, 0.25) is 10.0 Å². The van der Waals surface area contributed by atoms with E-state index in [1.807, 2.05) is 24.3 Å². The Bertz CT molecular complexity index is 1440. The van der Waals surface area contributed by atoms with Gasteiger partial charge in [-0.1, -0.05) is 41.4 Å². The molecule has 0 bridgehead atoms. The van der Waals surface area contributed by atoms with E-state index in [9.17, 15) is 9.59 Å². The summed E-state index contributed by atoms with van der Waals surface area (Å²) in [4.78, 5) is 33.5. The number of halogens is 2. The Hall–Kier alpha value is -3.95. The van der Waals surface area contributed by atoms with E-state index in [0.29, 0.717) is 18.0 Å². The molecule has 11 heteroatoms. The molecule has 0 aliphatic heterocycles. The van der Waals surface area contributed by atoms with E-state index in [-0.39, 0.29) is 21.4 Å². The number of carbonyl (C=O) groups is 1. The second-order valence-corrected chi connectivity index (χ2v) is 8.09. The molecule has 0 saturated heterocycles. The number of urea groups is 1. The number of anilines is 2.